The molecule has 244 valence electrons. The highest BCUT2D eigenvalue weighted by Gasteiger charge is 2.45. The van der Waals surface area contributed by atoms with Crippen molar-refractivity contribution in [2.75, 3.05) is 6.61 Å². The molecule has 1 fully saturated rings. The van der Waals surface area contributed by atoms with E-state index < -0.39 is 17.7 Å². The maximum absolute atomic E-state index is 15.3. The molecule has 4 aromatic heterocycles. The Balaban J connectivity index is 0.00000204. The second kappa shape index (κ2) is 14.1. The van der Waals surface area contributed by atoms with Crippen LogP contribution in [0.15, 0.2) is 61.2 Å². The van der Waals surface area contributed by atoms with Crippen LogP contribution < -0.4 is 10.1 Å². The second-order valence-electron chi connectivity index (χ2n) is 12.3. The van der Waals surface area contributed by atoms with Crippen molar-refractivity contribution in [3.63, 3.8) is 0 Å². The van der Waals surface area contributed by atoms with Gasteiger partial charge in [-0.3, -0.25) is 9.67 Å². The number of halogens is 2. The highest BCUT2D eigenvalue weighted by Crippen LogP contribution is 2.52. The number of benzene rings is 1. The van der Waals surface area contributed by atoms with Gasteiger partial charge < -0.3 is 19.6 Å². The molecule has 46 heavy (non-hydrogen) atoms. The fourth-order valence-corrected chi connectivity index (χ4v) is 5.92. The van der Waals surface area contributed by atoms with E-state index in [-0.39, 0.29) is 17.8 Å². The fraction of sp³-hybridized carbons (Fsp3) is 0.417. The summed E-state index contributed by atoms with van der Waals surface area (Å²) in [5, 5.41) is 19.4. The first kappa shape index (κ1) is 33.2. The van der Waals surface area contributed by atoms with E-state index in [4.69, 9.17) is 4.74 Å². The number of fused-ring (bicyclic) bond motifs is 1. The van der Waals surface area contributed by atoms with E-state index in [9.17, 15) is 9.50 Å². The highest BCUT2D eigenvalue weighted by molar-refractivity contribution is 5.71. The topological polar surface area (TPSA) is 89.5 Å². The van der Waals surface area contributed by atoms with Crippen molar-refractivity contribution in [1.82, 2.24) is 29.5 Å². The maximum atomic E-state index is 15.3. The molecule has 8 nitrogen and oxygen atoms in total. The molecule has 1 aliphatic rings. The predicted molar refractivity (Wildman–Crippen MR) is 175 cm³/mol. The number of aromatic nitrogens is 5. The van der Waals surface area contributed by atoms with Gasteiger partial charge in [0, 0.05) is 67.5 Å². The maximum Gasteiger partial charge on any atom is 0.201 e. The van der Waals surface area contributed by atoms with Gasteiger partial charge in [0.2, 0.25) is 5.82 Å². The molecule has 1 saturated carbocycles. The zero-order valence-corrected chi connectivity index (χ0v) is 27.5. The van der Waals surface area contributed by atoms with E-state index in [0.29, 0.717) is 42.2 Å². The first-order valence-corrected chi connectivity index (χ1v) is 16.0. The van der Waals surface area contributed by atoms with Crippen molar-refractivity contribution in [2.24, 2.45) is 18.4 Å². The molecular weight excluding hydrogens is 586 g/mol. The Kier molecular flexibility index (Phi) is 10.2. The highest BCUT2D eigenvalue weighted by atomic mass is 19.2. The lowest BCUT2D eigenvalue weighted by atomic mass is 9.79. The van der Waals surface area contributed by atoms with Crippen molar-refractivity contribution < 1.29 is 18.6 Å². The lowest BCUT2D eigenvalue weighted by Gasteiger charge is -2.30. The van der Waals surface area contributed by atoms with Crippen LogP contribution in [0.25, 0.3) is 16.8 Å². The molecule has 1 aliphatic carbocycles. The van der Waals surface area contributed by atoms with Crippen molar-refractivity contribution in [1.29, 1.82) is 0 Å². The van der Waals surface area contributed by atoms with Crippen LogP contribution in [0.1, 0.15) is 74.8 Å². The zero-order chi connectivity index (χ0) is 33.0. The van der Waals surface area contributed by atoms with Gasteiger partial charge in [0.25, 0.3) is 0 Å². The van der Waals surface area contributed by atoms with Crippen molar-refractivity contribution >= 4 is 5.65 Å². The average Bonchev–Trinajstić information content (AvgIpc) is 3.81. The van der Waals surface area contributed by atoms with Crippen LogP contribution in [0, 0.1) is 29.9 Å². The van der Waals surface area contributed by atoms with Gasteiger partial charge in [-0.25, -0.2) is 9.37 Å². The Morgan fingerprint density at radius 3 is 2.59 bits per heavy atom. The molecule has 1 unspecified atom stereocenters. The molecule has 0 radical (unpaired) electrons. The Labute approximate surface area is 269 Å². The number of nitrogens with one attached hydrogen (secondary N) is 1. The summed E-state index contributed by atoms with van der Waals surface area (Å²) >= 11 is 0. The van der Waals surface area contributed by atoms with Gasteiger partial charge in [0.15, 0.2) is 11.6 Å². The summed E-state index contributed by atoms with van der Waals surface area (Å²) in [4.78, 5) is 8.65. The van der Waals surface area contributed by atoms with E-state index >= 15 is 4.39 Å². The number of rotatable bonds is 12. The predicted octanol–water partition coefficient (Wildman–Crippen LogP) is 7.12. The van der Waals surface area contributed by atoms with Gasteiger partial charge in [-0.1, -0.05) is 33.8 Å². The summed E-state index contributed by atoms with van der Waals surface area (Å²) < 4.78 is 39.5. The molecule has 0 saturated heterocycles. The van der Waals surface area contributed by atoms with Gasteiger partial charge in [-0.2, -0.15) is 9.49 Å². The van der Waals surface area contributed by atoms with Crippen LogP contribution in [0.4, 0.5) is 8.78 Å². The van der Waals surface area contributed by atoms with Crippen molar-refractivity contribution in [3.8, 4) is 16.9 Å². The number of aryl methyl sites for hydroxylation is 1. The summed E-state index contributed by atoms with van der Waals surface area (Å²) in [5.41, 5.74) is 5.93. The normalized spacial score (nSPS) is 13.8. The molecule has 0 aliphatic heterocycles. The van der Waals surface area contributed by atoms with Gasteiger partial charge >= 0.3 is 0 Å². The van der Waals surface area contributed by atoms with Crippen molar-refractivity contribution in [2.45, 2.75) is 73.1 Å². The molecule has 4 heterocycles. The standard InChI is InChI=1S/C34H38F2N6O2.C2H6/c1-21-26(31(40-41(21)4)33(43)34(2,3)24-8-9-24)13-15-44-32-27(10-11-28(35)30(32)36)23-7-12-29-39-19-25(42(29)20-23)18-38-17-22-6-5-14-37-16-22;1-2/h5-7,10-12,14,16,19-20,24,33,38,43H,8-9,13,15,17-18H2,1-4H3;1-2H3. The molecule has 0 amide bonds. The fourth-order valence-electron chi connectivity index (χ4n) is 5.92. The summed E-state index contributed by atoms with van der Waals surface area (Å²) in [7, 11) is 1.85. The van der Waals surface area contributed by atoms with E-state index in [0.717, 1.165) is 47.1 Å². The second-order valence-corrected chi connectivity index (χ2v) is 12.3. The third kappa shape index (κ3) is 6.83. The SMILES string of the molecule is CC.Cc1c(CCOc2c(-c3ccc4ncc(CNCc5cccnc5)n4c3)ccc(F)c2F)c(C(O)C(C)(C)C2CC2)nn1C. The lowest BCUT2D eigenvalue weighted by molar-refractivity contribution is 0.0285. The molecule has 6 rings (SSSR count). The molecule has 0 spiro atoms. The zero-order valence-electron chi connectivity index (χ0n) is 27.5. The van der Waals surface area contributed by atoms with E-state index in [1.165, 1.54) is 6.07 Å². The van der Waals surface area contributed by atoms with Gasteiger partial charge in [-0.05, 0) is 67.0 Å². The third-order valence-electron chi connectivity index (χ3n) is 8.98. The smallest absolute Gasteiger partial charge is 0.201 e. The van der Waals surface area contributed by atoms with Crippen molar-refractivity contribution in [3.05, 3.63) is 101 Å². The Morgan fingerprint density at radius 1 is 1.09 bits per heavy atom. The van der Waals surface area contributed by atoms with Gasteiger partial charge in [-0.15, -0.1) is 0 Å². The number of aliphatic hydroxyl groups is 1. The van der Waals surface area contributed by atoms with Gasteiger partial charge in [0.05, 0.1) is 24.2 Å². The minimum Gasteiger partial charge on any atom is -0.489 e. The van der Waals surface area contributed by atoms with Crippen LogP contribution >= 0.6 is 0 Å². The summed E-state index contributed by atoms with van der Waals surface area (Å²) in [6, 6.07) is 10.2. The number of hydrogen-bond donors (Lipinski definition) is 2. The first-order valence-electron chi connectivity index (χ1n) is 16.0. The lowest BCUT2D eigenvalue weighted by Crippen LogP contribution is -2.26. The van der Waals surface area contributed by atoms with E-state index in [1.54, 1.807) is 17.1 Å². The number of nitrogens with zero attached hydrogens (tertiary/aromatic N) is 5. The molecule has 2 N–H and O–H groups in total. The largest absolute Gasteiger partial charge is 0.489 e. The Bertz CT molecular complexity index is 1780. The monoisotopic (exact) mass is 630 g/mol. The number of pyridine rings is 2. The minimum atomic E-state index is -1.04. The van der Waals surface area contributed by atoms with Crippen LogP contribution in [0.2, 0.25) is 0 Å². The Morgan fingerprint density at radius 2 is 1.87 bits per heavy atom. The quantitative estimate of drug-likeness (QED) is 0.153. The number of hydrogen-bond acceptors (Lipinski definition) is 6. The first-order chi connectivity index (χ1) is 22.1. The Hall–Kier alpha value is -4.15. The van der Waals surface area contributed by atoms with Gasteiger partial charge in [0.1, 0.15) is 11.8 Å². The summed E-state index contributed by atoms with van der Waals surface area (Å²) in [6.07, 6.45) is 9.07. The summed E-state index contributed by atoms with van der Waals surface area (Å²) in [6.45, 7) is 11.4. The molecule has 5 aromatic rings. The number of imidazole rings is 1. The average molecular weight is 631 g/mol. The third-order valence-corrected chi connectivity index (χ3v) is 8.98. The molecule has 10 heteroatoms. The number of aliphatic hydroxyl groups excluding tert-OH is 1. The van der Waals surface area contributed by atoms with E-state index in [2.05, 4.69) is 34.2 Å². The summed E-state index contributed by atoms with van der Waals surface area (Å²) in [5.74, 6) is -1.71. The van der Waals surface area contributed by atoms with Crippen LogP contribution in [-0.2, 0) is 26.6 Å². The molecule has 1 aromatic carbocycles. The minimum absolute atomic E-state index is 0.0836. The van der Waals surface area contributed by atoms with E-state index in [1.807, 2.05) is 68.9 Å². The molecule has 1 atom stereocenters. The molecular formula is C36H44F2N6O2. The van der Waals surface area contributed by atoms with Crippen LogP contribution in [0.3, 0.4) is 0 Å². The van der Waals surface area contributed by atoms with Crippen LogP contribution in [-0.4, -0.2) is 35.9 Å². The number of ether oxygens (including phenoxy) is 1. The van der Waals surface area contributed by atoms with Crippen LogP contribution in [0.5, 0.6) is 5.75 Å². The molecule has 0 bridgehead atoms.